The number of hydrogen-bond donors (Lipinski definition) is 0. The molecule has 0 radical (unpaired) electrons. The molecule has 0 saturated carbocycles. The summed E-state index contributed by atoms with van der Waals surface area (Å²) < 4.78 is 28.2. The van der Waals surface area contributed by atoms with Gasteiger partial charge in [-0.15, -0.1) is 16.8 Å². The summed E-state index contributed by atoms with van der Waals surface area (Å²) in [6, 6.07) is 3.24. The van der Waals surface area contributed by atoms with Gasteiger partial charge in [-0.2, -0.15) is 4.31 Å². The molecule has 0 atom stereocenters. The molecule has 2 aromatic heterocycles. The summed E-state index contributed by atoms with van der Waals surface area (Å²) in [7, 11) is -3.48. The lowest BCUT2D eigenvalue weighted by molar-refractivity contribution is 0.445. The summed E-state index contributed by atoms with van der Waals surface area (Å²) in [5.41, 5.74) is 0.625. The summed E-state index contributed by atoms with van der Waals surface area (Å²) in [5.74, 6) is 0.688. The Kier molecular flexibility index (Phi) is 5.02. The van der Waals surface area contributed by atoms with E-state index in [-0.39, 0.29) is 4.90 Å². The fraction of sp³-hybridized carbons (Fsp3) is 0.385. The van der Waals surface area contributed by atoms with Gasteiger partial charge in [0.15, 0.2) is 10.8 Å². The minimum atomic E-state index is -3.48. The van der Waals surface area contributed by atoms with Gasteiger partial charge in [0.2, 0.25) is 10.0 Å². The molecule has 2 rings (SSSR count). The average Bonchev–Trinajstić information content (AvgIpc) is 2.88. The molecule has 114 valence electrons. The molecule has 0 bridgehead atoms. The van der Waals surface area contributed by atoms with Gasteiger partial charge in [-0.25, -0.2) is 8.42 Å². The minimum Gasteiger partial charge on any atom is -0.276 e. The number of fused-ring (bicyclic) bond motifs is 1. The van der Waals surface area contributed by atoms with Crippen LogP contribution in [0.15, 0.2) is 41.0 Å². The van der Waals surface area contributed by atoms with E-state index in [1.54, 1.807) is 28.8 Å². The number of rotatable bonds is 7. The molecule has 0 spiro atoms. The van der Waals surface area contributed by atoms with Crippen LogP contribution in [0.2, 0.25) is 0 Å². The van der Waals surface area contributed by atoms with Crippen molar-refractivity contribution >= 4 is 27.4 Å². The summed E-state index contributed by atoms with van der Waals surface area (Å²) in [4.78, 5) is 0.249. The highest BCUT2D eigenvalue weighted by atomic mass is 32.2. The Morgan fingerprint density at radius 1 is 1.33 bits per heavy atom. The van der Waals surface area contributed by atoms with Gasteiger partial charge in [-0.05, 0) is 12.1 Å². The average molecular weight is 326 g/mol. The van der Waals surface area contributed by atoms with Crippen molar-refractivity contribution < 1.29 is 8.42 Å². The quantitative estimate of drug-likeness (QED) is 0.575. The van der Waals surface area contributed by atoms with E-state index in [4.69, 9.17) is 0 Å². The first-order valence-corrected chi connectivity index (χ1v) is 9.05. The molecule has 2 aromatic rings. The normalized spacial score (nSPS) is 12.1. The van der Waals surface area contributed by atoms with Gasteiger partial charge in [0, 0.05) is 25.0 Å². The lowest BCUT2D eigenvalue weighted by Gasteiger charge is -2.18. The van der Waals surface area contributed by atoms with Crippen molar-refractivity contribution in [2.45, 2.75) is 23.9 Å². The zero-order valence-corrected chi connectivity index (χ0v) is 13.7. The Morgan fingerprint density at radius 3 is 2.67 bits per heavy atom. The highest BCUT2D eigenvalue weighted by molar-refractivity contribution is 7.99. The third-order valence-corrected chi connectivity index (χ3v) is 5.99. The van der Waals surface area contributed by atoms with E-state index in [9.17, 15) is 8.42 Å². The summed E-state index contributed by atoms with van der Waals surface area (Å²) in [6.07, 6.45) is 3.34. The Morgan fingerprint density at radius 2 is 2.05 bits per heavy atom. The number of pyridine rings is 1. The van der Waals surface area contributed by atoms with Crippen LogP contribution in [0.4, 0.5) is 0 Å². The second-order valence-corrected chi connectivity index (χ2v) is 7.19. The Hall–Kier alpha value is -1.38. The third-order valence-electron chi connectivity index (χ3n) is 3.02. The van der Waals surface area contributed by atoms with Crippen LogP contribution >= 0.6 is 11.8 Å². The lowest BCUT2D eigenvalue weighted by atomic mass is 10.5. The summed E-state index contributed by atoms with van der Waals surface area (Å²) >= 11 is 1.46. The van der Waals surface area contributed by atoms with Crippen molar-refractivity contribution in [3.05, 3.63) is 31.0 Å². The molecule has 0 amide bonds. The van der Waals surface area contributed by atoms with Gasteiger partial charge in [0.25, 0.3) is 0 Å². The molecular formula is C13H18N4O2S2. The second-order valence-electron chi connectivity index (χ2n) is 4.26. The number of sulfonamides is 1. The van der Waals surface area contributed by atoms with Gasteiger partial charge >= 0.3 is 0 Å². The minimum absolute atomic E-state index is 0.249. The molecule has 0 saturated heterocycles. The molecule has 0 aliphatic heterocycles. The van der Waals surface area contributed by atoms with Crippen LogP contribution in [0.25, 0.3) is 5.65 Å². The van der Waals surface area contributed by atoms with Crippen LogP contribution in [0, 0.1) is 0 Å². The van der Waals surface area contributed by atoms with Gasteiger partial charge in [-0.3, -0.25) is 4.40 Å². The Labute approximate surface area is 128 Å². The molecule has 0 unspecified atom stereocenters. The molecule has 0 aromatic carbocycles. The van der Waals surface area contributed by atoms with E-state index < -0.39 is 10.0 Å². The van der Waals surface area contributed by atoms with Crippen LogP contribution in [0.5, 0.6) is 0 Å². The molecule has 21 heavy (non-hydrogen) atoms. The van der Waals surface area contributed by atoms with Crippen LogP contribution < -0.4 is 0 Å². The maximum Gasteiger partial charge on any atom is 0.244 e. The zero-order valence-electron chi connectivity index (χ0n) is 12.1. The molecule has 0 fully saturated rings. The van der Waals surface area contributed by atoms with E-state index in [1.165, 1.54) is 16.1 Å². The number of aromatic nitrogens is 3. The molecule has 0 N–H and O–H groups in total. The molecule has 8 heteroatoms. The third kappa shape index (κ3) is 3.12. The van der Waals surface area contributed by atoms with Gasteiger partial charge in [0.1, 0.15) is 0 Å². The van der Waals surface area contributed by atoms with Crippen LogP contribution in [0.3, 0.4) is 0 Å². The maximum absolute atomic E-state index is 12.5. The molecule has 0 aliphatic carbocycles. The van der Waals surface area contributed by atoms with Crippen molar-refractivity contribution in [3.63, 3.8) is 0 Å². The molecule has 2 heterocycles. The lowest BCUT2D eigenvalue weighted by Crippen LogP contribution is -2.30. The SMILES string of the molecule is C=CCSc1nnc2ccc(S(=O)(=O)N(CC)CC)cn12. The van der Waals surface area contributed by atoms with E-state index in [1.807, 2.05) is 13.8 Å². The van der Waals surface area contributed by atoms with Gasteiger partial charge < -0.3 is 0 Å². The van der Waals surface area contributed by atoms with Crippen LogP contribution in [-0.4, -0.2) is 46.2 Å². The van der Waals surface area contributed by atoms with Crippen LogP contribution in [0.1, 0.15) is 13.8 Å². The van der Waals surface area contributed by atoms with E-state index in [2.05, 4.69) is 16.8 Å². The summed E-state index contributed by atoms with van der Waals surface area (Å²) in [5, 5.41) is 8.74. The first kappa shape index (κ1) is 16.0. The topological polar surface area (TPSA) is 67.6 Å². The smallest absolute Gasteiger partial charge is 0.244 e. The van der Waals surface area contributed by atoms with Gasteiger partial charge in [0.05, 0.1) is 4.90 Å². The standard InChI is InChI=1S/C13H18N4O2S2/c1-4-9-20-13-15-14-12-8-7-11(10-17(12)13)21(18,19)16(5-2)6-3/h4,7-8,10H,1,5-6,9H2,2-3H3. The predicted octanol–water partition coefficient (Wildman–Crippen LogP) is 2.04. The largest absolute Gasteiger partial charge is 0.276 e. The number of hydrogen-bond acceptors (Lipinski definition) is 5. The van der Waals surface area contributed by atoms with Crippen molar-refractivity contribution in [1.29, 1.82) is 0 Å². The number of nitrogens with zero attached hydrogens (tertiary/aromatic N) is 4. The fourth-order valence-corrected chi connectivity index (χ4v) is 4.05. The first-order chi connectivity index (χ1) is 10.0. The number of thioether (sulfide) groups is 1. The Bertz CT molecular complexity index is 736. The highest BCUT2D eigenvalue weighted by Crippen LogP contribution is 2.21. The molecule has 0 aliphatic rings. The van der Waals surface area contributed by atoms with E-state index >= 15 is 0 Å². The highest BCUT2D eigenvalue weighted by Gasteiger charge is 2.22. The predicted molar refractivity (Wildman–Crippen MR) is 84.0 cm³/mol. The zero-order chi connectivity index (χ0) is 15.5. The summed E-state index contributed by atoms with van der Waals surface area (Å²) in [6.45, 7) is 8.19. The Balaban J connectivity index is 2.48. The fourth-order valence-electron chi connectivity index (χ4n) is 1.95. The van der Waals surface area contributed by atoms with Crippen LogP contribution in [-0.2, 0) is 10.0 Å². The van der Waals surface area contributed by atoms with Crippen molar-refractivity contribution in [2.24, 2.45) is 0 Å². The molecule has 6 nitrogen and oxygen atoms in total. The monoisotopic (exact) mass is 326 g/mol. The van der Waals surface area contributed by atoms with Crippen molar-refractivity contribution in [2.75, 3.05) is 18.8 Å². The van der Waals surface area contributed by atoms with E-state index in [0.29, 0.717) is 29.6 Å². The van der Waals surface area contributed by atoms with Gasteiger partial charge in [-0.1, -0.05) is 31.7 Å². The van der Waals surface area contributed by atoms with E-state index in [0.717, 1.165) is 0 Å². The first-order valence-electron chi connectivity index (χ1n) is 6.63. The maximum atomic E-state index is 12.5. The molecular weight excluding hydrogens is 308 g/mol. The van der Waals surface area contributed by atoms with Crippen molar-refractivity contribution in [3.8, 4) is 0 Å². The van der Waals surface area contributed by atoms with Crippen molar-refractivity contribution in [1.82, 2.24) is 18.9 Å². The second kappa shape index (κ2) is 6.59.